The molecule has 1 aliphatic rings. The summed E-state index contributed by atoms with van der Waals surface area (Å²) in [6.07, 6.45) is 1.98. The van der Waals surface area contributed by atoms with Gasteiger partial charge in [0.2, 0.25) is 0 Å². The Balaban J connectivity index is 2.43. The van der Waals surface area contributed by atoms with Crippen molar-refractivity contribution in [1.82, 2.24) is 10.2 Å². The van der Waals surface area contributed by atoms with Gasteiger partial charge in [-0.25, -0.2) is 0 Å². The van der Waals surface area contributed by atoms with Crippen molar-refractivity contribution in [2.45, 2.75) is 25.8 Å². The second-order valence-electron chi connectivity index (χ2n) is 3.47. The maximum atomic E-state index is 11.6. The first-order valence-electron chi connectivity index (χ1n) is 4.93. The monoisotopic (exact) mass is 229 g/mol. The van der Waals surface area contributed by atoms with Gasteiger partial charge in [0.1, 0.15) is 0 Å². The van der Waals surface area contributed by atoms with Crippen molar-refractivity contribution in [2.24, 2.45) is 5.73 Å². The Morgan fingerprint density at radius 3 is 2.53 bits per heavy atom. The van der Waals surface area contributed by atoms with E-state index in [1.165, 1.54) is 0 Å². The van der Waals surface area contributed by atoms with Gasteiger partial charge in [-0.05, 0) is 19.8 Å². The minimum atomic E-state index is -0.628. The average Bonchev–Trinajstić information content (AvgIpc) is 2.99. The molecule has 0 aromatic rings. The molecule has 1 saturated carbocycles. The van der Waals surface area contributed by atoms with Crippen molar-refractivity contribution in [3.05, 3.63) is 0 Å². The third kappa shape index (κ3) is 3.47. The van der Waals surface area contributed by atoms with Gasteiger partial charge in [0, 0.05) is 12.6 Å². The van der Waals surface area contributed by atoms with Crippen LogP contribution in [0.3, 0.4) is 0 Å². The van der Waals surface area contributed by atoms with Gasteiger partial charge in [0.25, 0.3) is 0 Å². The lowest BCUT2D eigenvalue weighted by Crippen LogP contribution is -2.45. The summed E-state index contributed by atoms with van der Waals surface area (Å²) in [5, 5.41) is 2.38. The fraction of sp³-hybridized carbons (Fsp3) is 0.667. The summed E-state index contributed by atoms with van der Waals surface area (Å²) in [4.78, 5) is 24.7. The number of nitrogens with one attached hydrogen (secondary N) is 1. The van der Waals surface area contributed by atoms with Crippen LogP contribution in [0.4, 0.5) is 0 Å². The van der Waals surface area contributed by atoms with Crippen molar-refractivity contribution in [3.8, 4) is 0 Å². The van der Waals surface area contributed by atoms with E-state index >= 15 is 0 Å². The SMILES string of the molecule is CCN(C(=O)C(=O)NCC(N)=S)C1CC1. The van der Waals surface area contributed by atoms with Crippen molar-refractivity contribution >= 4 is 29.0 Å². The van der Waals surface area contributed by atoms with E-state index in [2.05, 4.69) is 17.5 Å². The molecule has 3 N–H and O–H groups in total. The maximum absolute atomic E-state index is 11.6. The summed E-state index contributed by atoms with van der Waals surface area (Å²) in [5.41, 5.74) is 5.21. The van der Waals surface area contributed by atoms with Gasteiger partial charge in [-0.1, -0.05) is 12.2 Å². The number of hydrogen-bond acceptors (Lipinski definition) is 3. The van der Waals surface area contributed by atoms with E-state index in [0.717, 1.165) is 12.8 Å². The Morgan fingerprint density at radius 2 is 2.13 bits per heavy atom. The van der Waals surface area contributed by atoms with E-state index in [4.69, 9.17) is 5.73 Å². The Morgan fingerprint density at radius 1 is 1.53 bits per heavy atom. The zero-order valence-electron chi connectivity index (χ0n) is 8.66. The number of rotatable bonds is 4. The molecule has 0 heterocycles. The maximum Gasteiger partial charge on any atom is 0.312 e. The van der Waals surface area contributed by atoms with Crippen LogP contribution in [-0.4, -0.2) is 40.8 Å². The van der Waals surface area contributed by atoms with Crippen LogP contribution < -0.4 is 11.1 Å². The van der Waals surface area contributed by atoms with E-state index in [1.54, 1.807) is 4.90 Å². The third-order valence-electron chi connectivity index (χ3n) is 2.21. The number of likely N-dealkylation sites (N-methyl/N-ethyl adjacent to an activating group) is 1. The molecule has 0 saturated heterocycles. The molecule has 0 aromatic heterocycles. The molecule has 1 aliphatic carbocycles. The Kier molecular flexibility index (Phi) is 4.02. The Bertz CT molecular complexity index is 289. The van der Waals surface area contributed by atoms with Crippen LogP contribution in [0.5, 0.6) is 0 Å². The van der Waals surface area contributed by atoms with Crippen molar-refractivity contribution < 1.29 is 9.59 Å². The van der Waals surface area contributed by atoms with Gasteiger partial charge >= 0.3 is 11.8 Å². The fourth-order valence-corrected chi connectivity index (χ4v) is 1.40. The van der Waals surface area contributed by atoms with Gasteiger partial charge in [-0.3, -0.25) is 9.59 Å². The molecule has 1 fully saturated rings. The summed E-state index contributed by atoms with van der Waals surface area (Å²) >= 11 is 4.60. The molecular formula is C9H15N3O2S. The summed E-state index contributed by atoms with van der Waals surface area (Å²) in [6, 6.07) is 0.248. The average molecular weight is 229 g/mol. The number of hydrogen-bond donors (Lipinski definition) is 2. The van der Waals surface area contributed by atoms with Crippen LogP contribution >= 0.6 is 12.2 Å². The molecule has 5 nitrogen and oxygen atoms in total. The second-order valence-corrected chi connectivity index (χ2v) is 4.00. The van der Waals surface area contributed by atoms with Crippen LogP contribution in [-0.2, 0) is 9.59 Å². The van der Waals surface area contributed by atoms with Crippen LogP contribution in [0.2, 0.25) is 0 Å². The first kappa shape index (κ1) is 11.9. The van der Waals surface area contributed by atoms with Crippen molar-refractivity contribution in [1.29, 1.82) is 0 Å². The summed E-state index contributed by atoms with van der Waals surface area (Å²) in [6.45, 7) is 2.49. The molecule has 6 heteroatoms. The highest BCUT2D eigenvalue weighted by atomic mass is 32.1. The van der Waals surface area contributed by atoms with Gasteiger partial charge < -0.3 is 16.0 Å². The molecule has 2 amide bonds. The van der Waals surface area contributed by atoms with Gasteiger partial charge in [-0.2, -0.15) is 0 Å². The lowest BCUT2D eigenvalue weighted by molar-refractivity contribution is -0.145. The predicted octanol–water partition coefficient (Wildman–Crippen LogP) is -0.600. The molecule has 0 unspecified atom stereocenters. The van der Waals surface area contributed by atoms with Crippen LogP contribution in [0, 0.1) is 0 Å². The first-order valence-corrected chi connectivity index (χ1v) is 5.34. The largest absolute Gasteiger partial charge is 0.392 e. The fourth-order valence-electron chi connectivity index (χ4n) is 1.33. The Labute approximate surface area is 94.0 Å². The molecule has 0 aliphatic heterocycles. The third-order valence-corrected chi connectivity index (χ3v) is 2.35. The van der Waals surface area contributed by atoms with Crippen LogP contribution in [0.1, 0.15) is 19.8 Å². The quantitative estimate of drug-likeness (QED) is 0.498. The summed E-state index contributed by atoms with van der Waals surface area (Å²) in [7, 11) is 0. The summed E-state index contributed by atoms with van der Waals surface area (Å²) < 4.78 is 0. The second kappa shape index (κ2) is 5.06. The molecule has 84 valence electrons. The van der Waals surface area contributed by atoms with Gasteiger partial charge in [0.15, 0.2) is 0 Å². The van der Waals surface area contributed by atoms with Crippen molar-refractivity contribution in [3.63, 3.8) is 0 Å². The van der Waals surface area contributed by atoms with E-state index < -0.39 is 11.8 Å². The van der Waals surface area contributed by atoms with Gasteiger partial charge in [0.05, 0.1) is 11.5 Å². The highest BCUT2D eigenvalue weighted by Crippen LogP contribution is 2.26. The Hall–Kier alpha value is -1.17. The lowest BCUT2D eigenvalue weighted by atomic mass is 10.4. The number of carbonyl (C=O) groups excluding carboxylic acids is 2. The molecule has 1 rings (SSSR count). The number of nitrogens with zero attached hydrogens (tertiary/aromatic N) is 1. The van der Waals surface area contributed by atoms with E-state index in [9.17, 15) is 9.59 Å². The standard InChI is InChI=1S/C9H15N3O2S/c1-2-12(6-3-4-6)9(14)8(13)11-5-7(10)15/h6H,2-5H2,1H3,(H2,10,15)(H,11,13). The highest BCUT2D eigenvalue weighted by Gasteiger charge is 2.34. The highest BCUT2D eigenvalue weighted by molar-refractivity contribution is 7.80. The van der Waals surface area contributed by atoms with Crippen LogP contribution in [0.25, 0.3) is 0 Å². The van der Waals surface area contributed by atoms with E-state index in [0.29, 0.717) is 6.54 Å². The van der Waals surface area contributed by atoms with Gasteiger partial charge in [-0.15, -0.1) is 0 Å². The number of carbonyl (C=O) groups is 2. The molecule has 0 bridgehead atoms. The van der Waals surface area contributed by atoms with E-state index in [-0.39, 0.29) is 17.6 Å². The zero-order valence-corrected chi connectivity index (χ0v) is 9.47. The minimum Gasteiger partial charge on any atom is -0.392 e. The zero-order chi connectivity index (χ0) is 11.4. The molecule has 0 aromatic carbocycles. The normalized spacial score (nSPS) is 14.5. The number of amides is 2. The topological polar surface area (TPSA) is 75.4 Å². The van der Waals surface area contributed by atoms with Crippen molar-refractivity contribution in [2.75, 3.05) is 13.1 Å². The first-order chi connectivity index (χ1) is 7.06. The number of thiocarbonyl (C=S) groups is 1. The molecule has 0 atom stereocenters. The minimum absolute atomic E-state index is 0.0716. The predicted molar refractivity (Wildman–Crippen MR) is 60.2 cm³/mol. The molecule has 0 radical (unpaired) electrons. The molecule has 15 heavy (non-hydrogen) atoms. The molecule has 0 spiro atoms. The smallest absolute Gasteiger partial charge is 0.312 e. The lowest BCUT2D eigenvalue weighted by Gasteiger charge is -2.19. The summed E-state index contributed by atoms with van der Waals surface area (Å²) in [5.74, 6) is -1.12. The van der Waals surface area contributed by atoms with E-state index in [1.807, 2.05) is 6.92 Å². The van der Waals surface area contributed by atoms with Crippen LogP contribution in [0.15, 0.2) is 0 Å². The number of nitrogens with two attached hydrogens (primary N) is 1. The molecular weight excluding hydrogens is 214 g/mol.